The minimum atomic E-state index is -0.706. The van der Waals surface area contributed by atoms with Crippen molar-refractivity contribution in [3.8, 4) is 5.88 Å². The molecule has 0 spiro atoms. The highest BCUT2D eigenvalue weighted by Crippen LogP contribution is 2.32. The largest absolute Gasteiger partial charge is 0.473 e. The van der Waals surface area contributed by atoms with Crippen molar-refractivity contribution >= 4 is 35.0 Å². The van der Waals surface area contributed by atoms with Gasteiger partial charge in [0.25, 0.3) is 5.91 Å². The van der Waals surface area contributed by atoms with Crippen LogP contribution in [0.2, 0.25) is 0 Å². The van der Waals surface area contributed by atoms with Gasteiger partial charge in [-0.15, -0.1) is 0 Å². The molecule has 1 unspecified atom stereocenters. The molecule has 3 N–H and O–H groups in total. The third-order valence-electron chi connectivity index (χ3n) is 6.10. The summed E-state index contributed by atoms with van der Waals surface area (Å²) in [4.78, 5) is 36.2. The molecule has 3 aromatic heterocycles. The van der Waals surface area contributed by atoms with Crippen LogP contribution in [-0.2, 0) is 4.74 Å². The number of pyridine rings is 1. The van der Waals surface area contributed by atoms with E-state index in [1.807, 2.05) is 6.07 Å². The summed E-state index contributed by atoms with van der Waals surface area (Å²) in [5.74, 6) is 0.718. The van der Waals surface area contributed by atoms with Crippen LogP contribution in [0.5, 0.6) is 5.88 Å². The molecule has 2 aliphatic carbocycles. The molecule has 3 heterocycles. The average Bonchev–Trinajstić information content (AvgIpc) is 3.56. The van der Waals surface area contributed by atoms with Crippen LogP contribution in [0.1, 0.15) is 56.8 Å². The maximum absolute atomic E-state index is 13.1. The molecule has 37 heavy (non-hydrogen) atoms. The predicted molar refractivity (Wildman–Crippen MR) is 135 cm³/mol. The smallest absolute Gasteiger partial charge is 0.415 e. The van der Waals surface area contributed by atoms with Gasteiger partial charge in [-0.05, 0) is 58.6 Å². The Kier molecular flexibility index (Phi) is 6.36. The number of hydrogen-bond donors (Lipinski definition) is 3. The summed E-state index contributed by atoms with van der Waals surface area (Å²) in [6.45, 7) is 5.34. The van der Waals surface area contributed by atoms with Crippen molar-refractivity contribution in [1.29, 1.82) is 0 Å². The fraction of sp³-hybridized carbons (Fsp3) is 0.480. The highest BCUT2D eigenvalue weighted by molar-refractivity contribution is 6.00. The molecular formula is C25H31N7O5. The maximum atomic E-state index is 13.1. The predicted octanol–water partition coefficient (Wildman–Crippen LogP) is 3.03. The second-order valence-corrected chi connectivity index (χ2v) is 10.4. The SMILES string of the molecule is CN(C(=O)OC(C)(C)C)c1cc(Nc2cccnc2OC2CC2)nc2c(C(=O)NC3CC[C@H]3O)cnn12. The maximum Gasteiger partial charge on any atom is 0.415 e. The third kappa shape index (κ3) is 5.43. The molecule has 3 aromatic rings. The van der Waals surface area contributed by atoms with Gasteiger partial charge in [-0.3, -0.25) is 9.69 Å². The van der Waals surface area contributed by atoms with E-state index in [9.17, 15) is 14.7 Å². The normalized spacial score (nSPS) is 19.2. The van der Waals surface area contributed by atoms with Gasteiger partial charge in [-0.2, -0.15) is 9.61 Å². The Labute approximate surface area is 214 Å². The van der Waals surface area contributed by atoms with Gasteiger partial charge in [0.05, 0.1) is 18.3 Å². The van der Waals surface area contributed by atoms with Gasteiger partial charge in [-0.1, -0.05) is 0 Å². The fourth-order valence-corrected chi connectivity index (χ4v) is 3.79. The summed E-state index contributed by atoms with van der Waals surface area (Å²) in [7, 11) is 1.56. The number of carbonyl (C=O) groups excluding carboxylic acids is 2. The van der Waals surface area contributed by atoms with Crippen LogP contribution >= 0.6 is 0 Å². The van der Waals surface area contributed by atoms with Gasteiger partial charge in [-0.25, -0.2) is 14.8 Å². The first-order valence-electron chi connectivity index (χ1n) is 12.3. The standard InChI is InChI=1S/C25H31N7O5/c1-25(2,3)37-24(35)31(4)20-12-19(28-17-6-5-11-26-23(17)36-14-7-8-14)30-21-15(13-27-32(20)21)22(34)29-16-9-10-18(16)33/h5-6,11-14,16,18,33H,7-10H2,1-4H3,(H,28,30)(H,29,34)/t16?,18-/m1/s1. The van der Waals surface area contributed by atoms with Crippen molar-refractivity contribution in [2.24, 2.45) is 0 Å². The van der Waals surface area contributed by atoms with E-state index >= 15 is 0 Å². The van der Waals surface area contributed by atoms with E-state index in [1.165, 1.54) is 15.6 Å². The van der Waals surface area contributed by atoms with Crippen LogP contribution in [-0.4, -0.2) is 67.6 Å². The third-order valence-corrected chi connectivity index (χ3v) is 6.10. The number of rotatable bonds is 7. The molecule has 0 saturated heterocycles. The Balaban J connectivity index is 1.53. The van der Waals surface area contributed by atoms with Crippen LogP contribution in [0.3, 0.4) is 0 Å². The second kappa shape index (κ2) is 9.51. The highest BCUT2D eigenvalue weighted by atomic mass is 16.6. The Morgan fingerprint density at radius 2 is 2.00 bits per heavy atom. The van der Waals surface area contributed by atoms with Crippen LogP contribution in [0.25, 0.3) is 5.65 Å². The second-order valence-electron chi connectivity index (χ2n) is 10.4. The summed E-state index contributed by atoms with van der Waals surface area (Å²) < 4.78 is 12.9. The summed E-state index contributed by atoms with van der Waals surface area (Å²) in [5.41, 5.74) is 0.333. The molecule has 2 aliphatic rings. The Morgan fingerprint density at radius 3 is 2.65 bits per heavy atom. The lowest BCUT2D eigenvalue weighted by Crippen LogP contribution is -2.50. The number of anilines is 3. The summed E-state index contributed by atoms with van der Waals surface area (Å²) >= 11 is 0. The highest BCUT2D eigenvalue weighted by Gasteiger charge is 2.32. The van der Waals surface area contributed by atoms with Crippen molar-refractivity contribution in [1.82, 2.24) is 24.9 Å². The zero-order valence-corrected chi connectivity index (χ0v) is 21.3. The minimum absolute atomic E-state index is 0.145. The van der Waals surface area contributed by atoms with E-state index in [0.717, 1.165) is 12.8 Å². The van der Waals surface area contributed by atoms with Gasteiger partial charge in [0, 0.05) is 19.3 Å². The first-order valence-corrected chi connectivity index (χ1v) is 12.3. The molecular weight excluding hydrogens is 478 g/mol. The van der Waals surface area contributed by atoms with Gasteiger partial charge in [0.15, 0.2) is 5.65 Å². The number of amides is 2. The number of aliphatic hydroxyl groups is 1. The number of hydrogen-bond acceptors (Lipinski definition) is 9. The minimum Gasteiger partial charge on any atom is -0.473 e. The Hall–Kier alpha value is -3.93. The van der Waals surface area contributed by atoms with Crippen molar-refractivity contribution in [3.05, 3.63) is 36.2 Å². The van der Waals surface area contributed by atoms with Crippen molar-refractivity contribution in [2.75, 3.05) is 17.3 Å². The summed E-state index contributed by atoms with van der Waals surface area (Å²) in [6, 6.07) is 4.91. The van der Waals surface area contributed by atoms with E-state index in [2.05, 4.69) is 25.7 Å². The molecule has 2 atom stereocenters. The van der Waals surface area contributed by atoms with Gasteiger partial charge in [0.1, 0.15) is 34.6 Å². The molecule has 0 bridgehead atoms. The molecule has 5 rings (SSSR count). The summed E-state index contributed by atoms with van der Waals surface area (Å²) in [5, 5.41) is 20.3. The number of nitrogens with one attached hydrogen (secondary N) is 2. The molecule has 2 amide bonds. The van der Waals surface area contributed by atoms with Crippen molar-refractivity contribution in [2.45, 2.75) is 70.3 Å². The first kappa shape index (κ1) is 24.8. The van der Waals surface area contributed by atoms with Crippen LogP contribution in [0, 0.1) is 0 Å². The molecule has 12 heteroatoms. The van der Waals surface area contributed by atoms with Crippen LogP contribution in [0.15, 0.2) is 30.6 Å². The Bertz CT molecular complexity index is 1330. The van der Waals surface area contributed by atoms with Gasteiger partial charge >= 0.3 is 6.09 Å². The molecule has 196 valence electrons. The zero-order valence-electron chi connectivity index (χ0n) is 21.3. The number of carbonyl (C=O) groups is 2. The van der Waals surface area contributed by atoms with Gasteiger partial charge < -0.3 is 25.2 Å². The quantitative estimate of drug-likeness (QED) is 0.438. The van der Waals surface area contributed by atoms with Crippen LogP contribution in [0.4, 0.5) is 22.1 Å². The van der Waals surface area contributed by atoms with Crippen LogP contribution < -0.4 is 20.3 Å². The van der Waals surface area contributed by atoms with E-state index in [1.54, 1.807) is 46.1 Å². The molecule has 0 radical (unpaired) electrons. The van der Waals surface area contributed by atoms with Gasteiger partial charge in [0.2, 0.25) is 5.88 Å². The molecule has 0 aromatic carbocycles. The lowest BCUT2D eigenvalue weighted by Gasteiger charge is -2.32. The van der Waals surface area contributed by atoms with Crippen molar-refractivity contribution < 1.29 is 24.2 Å². The summed E-state index contributed by atoms with van der Waals surface area (Å²) in [6.07, 6.45) is 5.33. The molecule has 2 saturated carbocycles. The molecule has 12 nitrogen and oxygen atoms in total. The van der Waals surface area contributed by atoms with E-state index in [0.29, 0.717) is 36.0 Å². The number of ether oxygens (including phenoxy) is 2. The lowest BCUT2D eigenvalue weighted by atomic mass is 9.89. The fourth-order valence-electron chi connectivity index (χ4n) is 3.79. The van der Waals surface area contributed by atoms with E-state index < -0.39 is 23.7 Å². The Morgan fingerprint density at radius 1 is 1.22 bits per heavy atom. The average molecular weight is 510 g/mol. The lowest BCUT2D eigenvalue weighted by molar-refractivity contribution is 0.0448. The topological polar surface area (TPSA) is 143 Å². The van der Waals surface area contributed by atoms with E-state index in [-0.39, 0.29) is 23.4 Å². The zero-order chi connectivity index (χ0) is 26.3. The number of nitrogens with zero attached hydrogens (tertiary/aromatic N) is 5. The number of aromatic nitrogens is 4. The van der Waals surface area contributed by atoms with E-state index in [4.69, 9.17) is 9.47 Å². The molecule has 0 aliphatic heterocycles. The first-order chi connectivity index (χ1) is 17.6. The number of fused-ring (bicyclic) bond motifs is 1. The number of aliphatic hydroxyl groups excluding tert-OH is 1. The molecule has 2 fully saturated rings. The monoisotopic (exact) mass is 509 g/mol. The van der Waals surface area contributed by atoms with Crippen molar-refractivity contribution in [3.63, 3.8) is 0 Å².